The lowest BCUT2D eigenvalue weighted by atomic mass is 9.89. The lowest BCUT2D eigenvalue weighted by Gasteiger charge is -2.29. The van der Waals surface area contributed by atoms with Gasteiger partial charge in [0.1, 0.15) is 11.8 Å². The smallest absolute Gasteiger partial charge is 0.253 e. The van der Waals surface area contributed by atoms with Gasteiger partial charge in [0.25, 0.3) is 5.91 Å². The largest absolute Gasteiger partial charge is 0.494 e. The third-order valence-corrected chi connectivity index (χ3v) is 6.23. The zero-order valence-electron chi connectivity index (χ0n) is 16.7. The van der Waals surface area contributed by atoms with Crippen molar-refractivity contribution in [1.29, 1.82) is 0 Å². The maximum Gasteiger partial charge on any atom is 0.253 e. The van der Waals surface area contributed by atoms with Gasteiger partial charge in [-0.1, -0.05) is 29.8 Å². The number of aryl methyl sites for hydroxylation is 1. The Balaban J connectivity index is 1.51. The Bertz CT molecular complexity index is 941. The van der Waals surface area contributed by atoms with Gasteiger partial charge in [-0.05, 0) is 50.1 Å². The molecule has 0 saturated carbocycles. The molecule has 0 N–H and O–H groups in total. The molecule has 150 valence electrons. The molecular formula is C23H25N3O3. The molecule has 6 heteroatoms. The molecule has 3 heterocycles. The highest BCUT2D eigenvalue weighted by Gasteiger charge is 2.62. The number of fused-ring (bicyclic) bond motifs is 3. The molecule has 2 aromatic carbocycles. The first-order chi connectivity index (χ1) is 14.1. The van der Waals surface area contributed by atoms with Crippen molar-refractivity contribution in [2.24, 2.45) is 5.92 Å². The average molecular weight is 391 g/mol. The van der Waals surface area contributed by atoms with Gasteiger partial charge in [-0.3, -0.25) is 9.59 Å². The molecule has 3 saturated heterocycles. The minimum absolute atomic E-state index is 0.0905. The number of amides is 2. The van der Waals surface area contributed by atoms with Crippen molar-refractivity contribution in [2.75, 3.05) is 24.6 Å². The number of nitrogens with zero attached hydrogens (tertiary/aromatic N) is 3. The van der Waals surface area contributed by atoms with Crippen LogP contribution in [-0.4, -0.2) is 47.6 Å². The molecule has 0 aliphatic carbocycles. The van der Waals surface area contributed by atoms with E-state index in [0.29, 0.717) is 12.3 Å². The van der Waals surface area contributed by atoms with Crippen LogP contribution in [0.3, 0.4) is 0 Å². The van der Waals surface area contributed by atoms with Crippen LogP contribution in [0.15, 0.2) is 48.5 Å². The summed E-state index contributed by atoms with van der Waals surface area (Å²) >= 11 is 0. The Morgan fingerprint density at radius 3 is 2.21 bits per heavy atom. The number of imide groups is 1. The molecule has 3 atom stereocenters. The Morgan fingerprint density at radius 1 is 0.897 bits per heavy atom. The first kappa shape index (κ1) is 18.3. The predicted molar refractivity (Wildman–Crippen MR) is 109 cm³/mol. The molecule has 0 bridgehead atoms. The predicted octanol–water partition coefficient (Wildman–Crippen LogP) is 2.93. The summed E-state index contributed by atoms with van der Waals surface area (Å²) in [5.41, 5.74) is 2.90. The van der Waals surface area contributed by atoms with Gasteiger partial charge in [0, 0.05) is 13.1 Å². The summed E-state index contributed by atoms with van der Waals surface area (Å²) in [6.45, 7) is 6.26. The molecule has 29 heavy (non-hydrogen) atoms. The van der Waals surface area contributed by atoms with E-state index < -0.39 is 6.04 Å². The third-order valence-electron chi connectivity index (χ3n) is 6.23. The van der Waals surface area contributed by atoms with Crippen molar-refractivity contribution in [3.8, 4) is 5.75 Å². The fourth-order valence-electron chi connectivity index (χ4n) is 4.99. The summed E-state index contributed by atoms with van der Waals surface area (Å²) in [6, 6.07) is 15.1. The maximum absolute atomic E-state index is 13.5. The molecule has 3 aliphatic rings. The highest BCUT2D eigenvalue weighted by Crippen LogP contribution is 2.48. The summed E-state index contributed by atoms with van der Waals surface area (Å²) in [5.74, 6) is 0.130. The number of carbonyl (C=O) groups is 2. The highest BCUT2D eigenvalue weighted by molar-refractivity contribution is 6.24. The monoisotopic (exact) mass is 391 g/mol. The second-order valence-electron chi connectivity index (χ2n) is 7.94. The van der Waals surface area contributed by atoms with Gasteiger partial charge < -0.3 is 4.74 Å². The Morgan fingerprint density at radius 2 is 1.55 bits per heavy atom. The normalized spacial score (nSPS) is 26.8. The Labute approximate surface area is 170 Å². The van der Waals surface area contributed by atoms with E-state index in [9.17, 15) is 9.59 Å². The van der Waals surface area contributed by atoms with Crippen LogP contribution in [0.4, 0.5) is 5.69 Å². The van der Waals surface area contributed by atoms with Crippen LogP contribution in [0.5, 0.6) is 5.75 Å². The van der Waals surface area contributed by atoms with Gasteiger partial charge in [0.2, 0.25) is 5.91 Å². The highest BCUT2D eigenvalue weighted by atomic mass is 16.5. The number of benzene rings is 2. The first-order valence-electron chi connectivity index (χ1n) is 10.3. The summed E-state index contributed by atoms with van der Waals surface area (Å²) in [7, 11) is 0. The Hall–Kier alpha value is -2.70. The SMILES string of the molecule is CCOc1ccc(N2C(=O)[C@H]3[C@@H](c4ccc(C)cc4)N4CCCN4[C@H]3C2=O)cc1. The molecular weight excluding hydrogens is 366 g/mol. The molecule has 0 radical (unpaired) electrons. The van der Waals surface area contributed by atoms with Gasteiger partial charge in [0.15, 0.2) is 0 Å². The van der Waals surface area contributed by atoms with Gasteiger partial charge in [-0.15, -0.1) is 0 Å². The van der Waals surface area contributed by atoms with Crippen LogP contribution < -0.4 is 9.64 Å². The van der Waals surface area contributed by atoms with Crippen molar-refractivity contribution in [3.63, 3.8) is 0 Å². The average Bonchev–Trinajstić information content (AvgIpc) is 3.36. The molecule has 3 aliphatic heterocycles. The summed E-state index contributed by atoms with van der Waals surface area (Å²) < 4.78 is 5.49. The number of rotatable bonds is 4. The minimum Gasteiger partial charge on any atom is -0.494 e. The van der Waals surface area contributed by atoms with E-state index in [1.54, 1.807) is 12.1 Å². The van der Waals surface area contributed by atoms with Gasteiger partial charge in [-0.2, -0.15) is 0 Å². The quantitative estimate of drug-likeness (QED) is 0.750. The number of hydrazine groups is 1. The fraction of sp³-hybridized carbons (Fsp3) is 0.391. The lowest BCUT2D eigenvalue weighted by Crippen LogP contribution is -2.44. The second-order valence-corrected chi connectivity index (χ2v) is 7.94. The van der Waals surface area contributed by atoms with E-state index in [1.165, 1.54) is 10.5 Å². The molecule has 0 aromatic heterocycles. The van der Waals surface area contributed by atoms with Crippen LogP contribution in [0.2, 0.25) is 0 Å². The zero-order valence-corrected chi connectivity index (χ0v) is 16.7. The Kier molecular flexibility index (Phi) is 4.41. The third kappa shape index (κ3) is 2.78. The van der Waals surface area contributed by atoms with E-state index in [4.69, 9.17) is 4.74 Å². The van der Waals surface area contributed by atoms with Crippen LogP contribution in [0.25, 0.3) is 0 Å². The summed E-state index contributed by atoms with van der Waals surface area (Å²) in [5, 5.41) is 4.37. The number of carbonyl (C=O) groups excluding carboxylic acids is 2. The molecule has 0 spiro atoms. The second kappa shape index (κ2) is 6.97. The number of ether oxygens (including phenoxy) is 1. The van der Waals surface area contributed by atoms with Gasteiger partial charge in [-0.25, -0.2) is 14.9 Å². The molecule has 0 unspecified atom stereocenters. The minimum atomic E-state index is -0.414. The molecule has 5 rings (SSSR count). The van der Waals surface area contributed by atoms with E-state index in [0.717, 1.165) is 30.8 Å². The number of hydrogen-bond donors (Lipinski definition) is 0. The number of anilines is 1. The molecule has 3 fully saturated rings. The van der Waals surface area contributed by atoms with Crippen molar-refractivity contribution in [1.82, 2.24) is 10.0 Å². The fourth-order valence-corrected chi connectivity index (χ4v) is 4.99. The van der Waals surface area contributed by atoms with E-state index in [-0.39, 0.29) is 23.8 Å². The van der Waals surface area contributed by atoms with Crippen LogP contribution >= 0.6 is 0 Å². The van der Waals surface area contributed by atoms with Crippen molar-refractivity contribution in [2.45, 2.75) is 32.4 Å². The molecule has 2 amide bonds. The maximum atomic E-state index is 13.5. The lowest BCUT2D eigenvalue weighted by molar-refractivity contribution is -0.126. The van der Waals surface area contributed by atoms with Crippen molar-refractivity contribution < 1.29 is 14.3 Å². The van der Waals surface area contributed by atoms with Crippen LogP contribution in [0.1, 0.15) is 30.5 Å². The van der Waals surface area contributed by atoms with Gasteiger partial charge >= 0.3 is 0 Å². The zero-order chi connectivity index (χ0) is 20.1. The van der Waals surface area contributed by atoms with Gasteiger partial charge in [0.05, 0.1) is 24.3 Å². The summed E-state index contributed by atoms with van der Waals surface area (Å²) in [6.07, 6.45) is 1.01. The van der Waals surface area contributed by atoms with E-state index in [1.807, 2.05) is 19.1 Å². The first-order valence-corrected chi connectivity index (χ1v) is 10.3. The molecule has 2 aromatic rings. The number of hydrogen-bond acceptors (Lipinski definition) is 5. The standard InChI is InChI=1S/C23H25N3O3/c1-3-29-18-11-9-17(10-12-18)26-22(27)19-20(16-7-5-15(2)6-8-16)24-13-4-14-25(24)21(19)23(26)28/h5-12,19-21H,3-4,13-14H2,1-2H3/t19-,20+,21+/m0/s1. The van der Waals surface area contributed by atoms with Crippen molar-refractivity contribution in [3.05, 3.63) is 59.7 Å². The summed E-state index contributed by atoms with van der Waals surface area (Å²) in [4.78, 5) is 28.3. The molecule has 6 nitrogen and oxygen atoms in total. The van der Waals surface area contributed by atoms with E-state index >= 15 is 0 Å². The van der Waals surface area contributed by atoms with Crippen LogP contribution in [-0.2, 0) is 9.59 Å². The van der Waals surface area contributed by atoms with E-state index in [2.05, 4.69) is 41.2 Å². The topological polar surface area (TPSA) is 53.1 Å². The van der Waals surface area contributed by atoms with Crippen molar-refractivity contribution >= 4 is 17.5 Å². The van der Waals surface area contributed by atoms with Crippen LogP contribution in [0, 0.1) is 12.8 Å².